The summed E-state index contributed by atoms with van der Waals surface area (Å²) in [6.07, 6.45) is 35.6. The second-order valence-electron chi connectivity index (χ2n) is 14.7. The van der Waals surface area contributed by atoms with Gasteiger partial charge in [0.1, 0.15) is 13.2 Å². The molecule has 9 heteroatoms. The molecule has 0 aromatic carbocycles. The Kier molecular flexibility index (Phi) is 31.2. The number of aliphatic hydroxyl groups is 1. The summed E-state index contributed by atoms with van der Waals surface area (Å²) in [5.74, 6) is -0.198. The van der Waals surface area contributed by atoms with Crippen molar-refractivity contribution in [3.05, 3.63) is 24.3 Å². The molecule has 0 bridgehead atoms. The summed E-state index contributed by atoms with van der Waals surface area (Å²) in [6, 6.07) is -0.854. The number of rotatable bonds is 35. The van der Waals surface area contributed by atoms with Gasteiger partial charge in [-0.25, -0.2) is 4.57 Å². The van der Waals surface area contributed by atoms with Crippen molar-refractivity contribution in [1.82, 2.24) is 5.32 Å². The zero-order valence-corrected chi connectivity index (χ0v) is 32.9. The van der Waals surface area contributed by atoms with Crippen LogP contribution in [0, 0.1) is 0 Å². The van der Waals surface area contributed by atoms with Crippen molar-refractivity contribution in [2.75, 3.05) is 40.9 Å². The number of carbonyl (C=O) groups excluding carboxylic acids is 1. The number of likely N-dealkylation sites (N-methyl/N-ethyl adjacent to an activating group) is 1. The standard InChI is InChI=1S/C39H77N2O6P/c1-6-8-10-12-14-15-16-17-18-19-20-21-22-23-24-25-26-27-28-30-32-38(42)37(40-39(43)33-31-29-13-11-9-7-2)36-47-48(44,45)46-35-34-41(3,4)5/h25-26,30,32,37-38,42H,6-24,27-29,31,33-36H2,1-5H3,(H-,40,43,44,45)/p+1/b26-25+,32-30+. The van der Waals surface area contributed by atoms with E-state index in [0.29, 0.717) is 17.4 Å². The van der Waals surface area contributed by atoms with Gasteiger partial charge in [0.25, 0.3) is 0 Å². The van der Waals surface area contributed by atoms with Crippen LogP contribution in [0.1, 0.15) is 168 Å². The van der Waals surface area contributed by atoms with Crippen LogP contribution < -0.4 is 5.32 Å². The molecular formula is C39H78N2O6P+. The van der Waals surface area contributed by atoms with Crippen LogP contribution in [0.3, 0.4) is 0 Å². The number of unbranched alkanes of at least 4 members (excludes halogenated alkanes) is 20. The summed E-state index contributed by atoms with van der Waals surface area (Å²) in [7, 11) is 1.55. The van der Waals surface area contributed by atoms with E-state index in [9.17, 15) is 19.4 Å². The number of allylic oxidation sites excluding steroid dienone is 3. The number of hydrogen-bond donors (Lipinski definition) is 3. The van der Waals surface area contributed by atoms with E-state index in [-0.39, 0.29) is 19.1 Å². The van der Waals surface area contributed by atoms with E-state index < -0.39 is 20.0 Å². The maximum atomic E-state index is 12.6. The number of phosphoric acid groups is 1. The fraction of sp³-hybridized carbons (Fsp3) is 0.872. The highest BCUT2D eigenvalue weighted by Gasteiger charge is 2.27. The topological polar surface area (TPSA) is 105 Å². The lowest BCUT2D eigenvalue weighted by Gasteiger charge is -2.25. The van der Waals surface area contributed by atoms with E-state index in [1.54, 1.807) is 6.08 Å². The molecule has 0 saturated carbocycles. The SMILES string of the molecule is CCCCCCCCCCCCCCCC/C=C/CC/C=C/C(O)C(COP(=O)(O)OCC[N+](C)(C)C)NC(=O)CCCCCCCC. The molecule has 3 unspecified atom stereocenters. The smallest absolute Gasteiger partial charge is 0.387 e. The monoisotopic (exact) mass is 702 g/mol. The molecule has 0 fully saturated rings. The second-order valence-corrected chi connectivity index (χ2v) is 16.1. The Bertz CT molecular complexity index is 845. The van der Waals surface area contributed by atoms with E-state index in [2.05, 4.69) is 31.3 Å². The Morgan fingerprint density at radius 2 is 1.15 bits per heavy atom. The number of phosphoric ester groups is 1. The Morgan fingerprint density at radius 1 is 0.688 bits per heavy atom. The third-order valence-electron chi connectivity index (χ3n) is 8.67. The average Bonchev–Trinajstić information content (AvgIpc) is 3.02. The zero-order chi connectivity index (χ0) is 35.8. The van der Waals surface area contributed by atoms with Crippen molar-refractivity contribution in [2.45, 2.75) is 180 Å². The molecular weight excluding hydrogens is 623 g/mol. The van der Waals surface area contributed by atoms with Crippen molar-refractivity contribution in [3.8, 4) is 0 Å². The van der Waals surface area contributed by atoms with Crippen LogP contribution in [0.2, 0.25) is 0 Å². The normalized spacial score (nSPS) is 14.9. The Hall–Kier alpha value is -1.02. The Balaban J connectivity index is 4.36. The molecule has 0 aromatic heterocycles. The quantitative estimate of drug-likeness (QED) is 0.0263. The Morgan fingerprint density at radius 3 is 1.67 bits per heavy atom. The van der Waals surface area contributed by atoms with Gasteiger partial charge in [0, 0.05) is 6.42 Å². The number of amides is 1. The fourth-order valence-electron chi connectivity index (χ4n) is 5.47. The molecule has 0 aliphatic carbocycles. The molecule has 0 heterocycles. The molecule has 0 spiro atoms. The number of carbonyl (C=O) groups is 1. The summed E-state index contributed by atoms with van der Waals surface area (Å²) >= 11 is 0. The van der Waals surface area contributed by atoms with Gasteiger partial charge in [-0.05, 0) is 32.1 Å². The molecule has 0 radical (unpaired) electrons. The first-order valence-electron chi connectivity index (χ1n) is 19.7. The van der Waals surface area contributed by atoms with Crippen molar-refractivity contribution >= 4 is 13.7 Å². The maximum absolute atomic E-state index is 12.6. The van der Waals surface area contributed by atoms with Crippen LogP contribution in [0.5, 0.6) is 0 Å². The molecule has 284 valence electrons. The highest BCUT2D eigenvalue weighted by atomic mass is 31.2. The van der Waals surface area contributed by atoms with Crippen LogP contribution in [0.25, 0.3) is 0 Å². The van der Waals surface area contributed by atoms with Crippen molar-refractivity contribution in [1.29, 1.82) is 0 Å². The second kappa shape index (κ2) is 31.9. The van der Waals surface area contributed by atoms with E-state index in [1.165, 1.54) is 109 Å². The van der Waals surface area contributed by atoms with Gasteiger partial charge in [-0.3, -0.25) is 13.8 Å². The van der Waals surface area contributed by atoms with Gasteiger partial charge in [0.05, 0.1) is 39.9 Å². The molecule has 0 aliphatic heterocycles. The Labute approximate surface area is 296 Å². The summed E-state index contributed by atoms with van der Waals surface area (Å²) in [6.45, 7) is 4.71. The van der Waals surface area contributed by atoms with E-state index >= 15 is 0 Å². The van der Waals surface area contributed by atoms with Gasteiger partial charge >= 0.3 is 7.82 Å². The molecule has 48 heavy (non-hydrogen) atoms. The first-order valence-corrected chi connectivity index (χ1v) is 21.2. The molecule has 0 aliphatic rings. The van der Waals surface area contributed by atoms with Gasteiger partial charge in [0.15, 0.2) is 0 Å². The molecule has 0 rings (SSSR count). The third-order valence-corrected chi connectivity index (χ3v) is 9.66. The number of nitrogens with one attached hydrogen (secondary N) is 1. The van der Waals surface area contributed by atoms with E-state index in [4.69, 9.17) is 9.05 Å². The highest BCUT2D eigenvalue weighted by molar-refractivity contribution is 7.47. The minimum Gasteiger partial charge on any atom is -0.387 e. The first kappa shape index (κ1) is 47.0. The third kappa shape index (κ3) is 33.5. The van der Waals surface area contributed by atoms with Crippen LogP contribution in [0.4, 0.5) is 0 Å². The first-order chi connectivity index (χ1) is 23.0. The number of nitrogens with zero attached hydrogens (tertiary/aromatic N) is 1. The van der Waals surface area contributed by atoms with Crippen LogP contribution >= 0.6 is 7.82 Å². The molecule has 1 amide bonds. The van der Waals surface area contributed by atoms with Crippen molar-refractivity contribution in [3.63, 3.8) is 0 Å². The largest absolute Gasteiger partial charge is 0.472 e. The minimum atomic E-state index is -4.33. The summed E-state index contributed by atoms with van der Waals surface area (Å²) in [4.78, 5) is 22.8. The van der Waals surface area contributed by atoms with Gasteiger partial charge in [-0.2, -0.15) is 0 Å². The number of aliphatic hydroxyl groups excluding tert-OH is 1. The lowest BCUT2D eigenvalue weighted by atomic mass is 10.0. The lowest BCUT2D eigenvalue weighted by Crippen LogP contribution is -2.45. The van der Waals surface area contributed by atoms with Crippen LogP contribution in [-0.4, -0.2) is 73.4 Å². The molecule has 8 nitrogen and oxygen atoms in total. The molecule has 0 saturated heterocycles. The fourth-order valence-corrected chi connectivity index (χ4v) is 6.20. The van der Waals surface area contributed by atoms with Gasteiger partial charge < -0.3 is 19.8 Å². The average molecular weight is 702 g/mol. The molecule has 3 atom stereocenters. The van der Waals surface area contributed by atoms with E-state index in [0.717, 1.165) is 38.5 Å². The van der Waals surface area contributed by atoms with Crippen molar-refractivity contribution in [2.24, 2.45) is 0 Å². The molecule has 0 aromatic rings. The number of quaternary nitrogens is 1. The van der Waals surface area contributed by atoms with Gasteiger partial charge in [0.2, 0.25) is 5.91 Å². The predicted molar refractivity (Wildman–Crippen MR) is 203 cm³/mol. The highest BCUT2D eigenvalue weighted by Crippen LogP contribution is 2.43. The van der Waals surface area contributed by atoms with E-state index in [1.807, 2.05) is 27.2 Å². The predicted octanol–water partition coefficient (Wildman–Crippen LogP) is 10.2. The lowest BCUT2D eigenvalue weighted by molar-refractivity contribution is -0.870. The number of hydrogen-bond acceptors (Lipinski definition) is 5. The summed E-state index contributed by atoms with van der Waals surface area (Å²) in [5.41, 5.74) is 0. The summed E-state index contributed by atoms with van der Waals surface area (Å²) in [5, 5.41) is 13.7. The van der Waals surface area contributed by atoms with Gasteiger partial charge in [-0.1, -0.05) is 154 Å². The van der Waals surface area contributed by atoms with Crippen LogP contribution in [0.15, 0.2) is 24.3 Å². The maximum Gasteiger partial charge on any atom is 0.472 e. The van der Waals surface area contributed by atoms with Gasteiger partial charge in [-0.15, -0.1) is 0 Å². The minimum absolute atomic E-state index is 0.0573. The molecule has 3 N–H and O–H groups in total. The summed E-state index contributed by atoms with van der Waals surface area (Å²) < 4.78 is 23.3. The van der Waals surface area contributed by atoms with Crippen molar-refractivity contribution < 1.29 is 32.9 Å². The van der Waals surface area contributed by atoms with Crippen LogP contribution in [-0.2, 0) is 18.4 Å². The zero-order valence-electron chi connectivity index (χ0n) is 32.0.